The number of rotatable bonds is 5. The Morgan fingerprint density at radius 3 is 2.62 bits per heavy atom. The van der Waals surface area contributed by atoms with Gasteiger partial charge in [-0.05, 0) is 34.4 Å². The molecule has 0 fully saturated rings. The molecule has 0 aromatic heterocycles. The van der Waals surface area contributed by atoms with E-state index in [-0.39, 0.29) is 12.5 Å². The van der Waals surface area contributed by atoms with E-state index in [0.717, 1.165) is 35.5 Å². The van der Waals surface area contributed by atoms with Crippen LogP contribution in [-0.4, -0.2) is 44.2 Å². The molecule has 0 bridgehead atoms. The average Bonchev–Trinajstić information content (AvgIpc) is 3.13. The van der Waals surface area contributed by atoms with Gasteiger partial charge in [0.1, 0.15) is 12.3 Å². The Kier molecular flexibility index (Phi) is 5.41. The number of ether oxygens (including phenoxy) is 2. The standard InChI is InChI=1S/C20H22N2O4/c1-22(20(24)25-2)13-19(23)21-12-14-3-5-15(6-4-14)16-7-8-18-17(11-16)9-10-26-18/h3-8,11H,9-10,12-13H2,1-2H3,(H,21,23). The van der Waals surface area contributed by atoms with Gasteiger partial charge >= 0.3 is 6.09 Å². The predicted octanol–water partition coefficient (Wildman–Crippen LogP) is 2.60. The van der Waals surface area contributed by atoms with Crippen LogP contribution in [0, 0.1) is 0 Å². The van der Waals surface area contributed by atoms with Crippen LogP contribution < -0.4 is 10.1 Å². The van der Waals surface area contributed by atoms with Crippen molar-refractivity contribution in [1.82, 2.24) is 10.2 Å². The van der Waals surface area contributed by atoms with Gasteiger partial charge in [0.2, 0.25) is 5.91 Å². The third-order valence-electron chi connectivity index (χ3n) is 4.33. The van der Waals surface area contributed by atoms with Crippen molar-refractivity contribution in [2.45, 2.75) is 13.0 Å². The zero-order chi connectivity index (χ0) is 18.5. The van der Waals surface area contributed by atoms with E-state index in [9.17, 15) is 9.59 Å². The lowest BCUT2D eigenvalue weighted by atomic mass is 10.0. The highest BCUT2D eigenvalue weighted by Gasteiger charge is 2.13. The van der Waals surface area contributed by atoms with Gasteiger partial charge in [0, 0.05) is 20.0 Å². The first-order chi connectivity index (χ1) is 12.6. The highest BCUT2D eigenvalue weighted by atomic mass is 16.5. The van der Waals surface area contributed by atoms with Gasteiger partial charge in [-0.3, -0.25) is 4.79 Å². The molecule has 1 aliphatic rings. The lowest BCUT2D eigenvalue weighted by Crippen LogP contribution is -2.38. The van der Waals surface area contributed by atoms with Gasteiger partial charge in [-0.2, -0.15) is 0 Å². The van der Waals surface area contributed by atoms with E-state index in [1.165, 1.54) is 24.6 Å². The summed E-state index contributed by atoms with van der Waals surface area (Å²) in [6, 6.07) is 14.3. The Labute approximate surface area is 152 Å². The zero-order valence-corrected chi connectivity index (χ0v) is 15.0. The van der Waals surface area contributed by atoms with E-state index < -0.39 is 6.09 Å². The maximum atomic E-state index is 11.9. The van der Waals surface area contributed by atoms with Crippen LogP contribution in [0.1, 0.15) is 11.1 Å². The second kappa shape index (κ2) is 7.91. The minimum Gasteiger partial charge on any atom is -0.493 e. The van der Waals surface area contributed by atoms with Gasteiger partial charge in [-0.15, -0.1) is 0 Å². The smallest absolute Gasteiger partial charge is 0.409 e. The highest BCUT2D eigenvalue weighted by Crippen LogP contribution is 2.30. The Morgan fingerprint density at radius 2 is 1.88 bits per heavy atom. The van der Waals surface area contributed by atoms with Crippen LogP contribution in [0.15, 0.2) is 42.5 Å². The molecule has 136 valence electrons. The van der Waals surface area contributed by atoms with Gasteiger partial charge in [0.05, 0.1) is 13.7 Å². The zero-order valence-electron chi connectivity index (χ0n) is 15.0. The van der Waals surface area contributed by atoms with E-state index in [1.54, 1.807) is 0 Å². The number of nitrogens with zero attached hydrogens (tertiary/aromatic N) is 1. The van der Waals surface area contributed by atoms with E-state index in [4.69, 9.17) is 4.74 Å². The van der Waals surface area contributed by atoms with Gasteiger partial charge in [0.25, 0.3) is 0 Å². The van der Waals surface area contributed by atoms with Crippen molar-refractivity contribution in [2.24, 2.45) is 0 Å². The molecule has 26 heavy (non-hydrogen) atoms. The van der Waals surface area contributed by atoms with Crippen LogP contribution in [-0.2, 0) is 22.5 Å². The summed E-state index contributed by atoms with van der Waals surface area (Å²) in [7, 11) is 2.80. The van der Waals surface area contributed by atoms with Gasteiger partial charge < -0.3 is 19.7 Å². The minimum absolute atomic E-state index is 0.0397. The number of nitrogens with one attached hydrogen (secondary N) is 1. The molecule has 0 saturated heterocycles. The Hall–Kier alpha value is -3.02. The summed E-state index contributed by atoms with van der Waals surface area (Å²) in [6.07, 6.45) is 0.414. The van der Waals surface area contributed by atoms with Crippen molar-refractivity contribution < 1.29 is 19.1 Å². The number of benzene rings is 2. The first-order valence-corrected chi connectivity index (χ1v) is 8.47. The Morgan fingerprint density at radius 1 is 1.15 bits per heavy atom. The summed E-state index contributed by atoms with van der Waals surface area (Å²) in [4.78, 5) is 24.4. The summed E-state index contributed by atoms with van der Waals surface area (Å²) in [5.41, 5.74) is 4.52. The van der Waals surface area contributed by atoms with Crippen molar-refractivity contribution >= 4 is 12.0 Å². The number of amides is 2. The molecule has 6 nitrogen and oxygen atoms in total. The molecule has 2 amide bonds. The maximum Gasteiger partial charge on any atom is 0.409 e. The molecule has 0 spiro atoms. The van der Waals surface area contributed by atoms with Crippen molar-refractivity contribution in [3.8, 4) is 16.9 Å². The van der Waals surface area contributed by atoms with Crippen LogP contribution in [0.4, 0.5) is 4.79 Å². The molecule has 0 aliphatic carbocycles. The molecule has 2 aromatic rings. The van der Waals surface area contributed by atoms with Crippen LogP contribution in [0.2, 0.25) is 0 Å². The molecular formula is C20H22N2O4. The molecule has 1 aliphatic heterocycles. The first kappa shape index (κ1) is 17.8. The number of hydrogen-bond acceptors (Lipinski definition) is 4. The first-order valence-electron chi connectivity index (χ1n) is 8.47. The average molecular weight is 354 g/mol. The fraction of sp³-hybridized carbons (Fsp3) is 0.300. The monoisotopic (exact) mass is 354 g/mol. The number of carbonyl (C=O) groups excluding carboxylic acids is 2. The van der Waals surface area contributed by atoms with Gasteiger partial charge in [-0.1, -0.05) is 30.3 Å². The SMILES string of the molecule is COC(=O)N(C)CC(=O)NCc1ccc(-c2ccc3c(c2)CCO3)cc1. The van der Waals surface area contributed by atoms with Crippen LogP contribution in [0.25, 0.3) is 11.1 Å². The summed E-state index contributed by atoms with van der Waals surface area (Å²) < 4.78 is 10.1. The van der Waals surface area contributed by atoms with E-state index in [2.05, 4.69) is 22.2 Å². The predicted molar refractivity (Wildman–Crippen MR) is 98.0 cm³/mol. The van der Waals surface area contributed by atoms with Crippen LogP contribution in [0.5, 0.6) is 5.75 Å². The number of methoxy groups -OCH3 is 1. The second-order valence-electron chi connectivity index (χ2n) is 6.22. The van der Waals surface area contributed by atoms with Crippen LogP contribution in [0.3, 0.4) is 0 Å². The van der Waals surface area contributed by atoms with Crippen molar-refractivity contribution in [3.05, 3.63) is 53.6 Å². The fourth-order valence-electron chi connectivity index (χ4n) is 2.87. The molecule has 0 atom stereocenters. The molecule has 0 radical (unpaired) electrons. The van der Waals surface area contributed by atoms with Crippen molar-refractivity contribution in [3.63, 3.8) is 0 Å². The quantitative estimate of drug-likeness (QED) is 0.896. The lowest BCUT2D eigenvalue weighted by molar-refractivity contribution is -0.121. The number of fused-ring (bicyclic) bond motifs is 1. The largest absolute Gasteiger partial charge is 0.493 e. The maximum absolute atomic E-state index is 11.9. The van der Waals surface area contributed by atoms with E-state index in [1.807, 2.05) is 30.3 Å². The van der Waals surface area contributed by atoms with Crippen molar-refractivity contribution in [1.29, 1.82) is 0 Å². The molecular weight excluding hydrogens is 332 g/mol. The lowest BCUT2D eigenvalue weighted by Gasteiger charge is -2.15. The molecule has 0 saturated carbocycles. The summed E-state index contributed by atoms with van der Waals surface area (Å²) in [5.74, 6) is 0.741. The summed E-state index contributed by atoms with van der Waals surface area (Å²) in [5, 5.41) is 2.80. The van der Waals surface area contributed by atoms with Gasteiger partial charge in [-0.25, -0.2) is 4.79 Å². The number of likely N-dealkylation sites (N-methyl/N-ethyl adjacent to an activating group) is 1. The minimum atomic E-state index is -0.538. The highest BCUT2D eigenvalue weighted by molar-refractivity contribution is 5.82. The molecule has 6 heteroatoms. The summed E-state index contributed by atoms with van der Waals surface area (Å²) in [6.45, 7) is 1.12. The fourth-order valence-corrected chi connectivity index (χ4v) is 2.87. The second-order valence-corrected chi connectivity index (χ2v) is 6.22. The molecule has 1 N–H and O–H groups in total. The molecule has 1 heterocycles. The Bertz CT molecular complexity index is 802. The third-order valence-corrected chi connectivity index (χ3v) is 4.33. The van der Waals surface area contributed by atoms with Gasteiger partial charge in [0.15, 0.2) is 0 Å². The van der Waals surface area contributed by atoms with E-state index in [0.29, 0.717) is 6.54 Å². The number of hydrogen-bond donors (Lipinski definition) is 1. The normalized spacial score (nSPS) is 12.1. The van der Waals surface area contributed by atoms with Crippen molar-refractivity contribution in [2.75, 3.05) is 27.3 Å². The van der Waals surface area contributed by atoms with Crippen LogP contribution >= 0.6 is 0 Å². The molecule has 0 unspecified atom stereocenters. The Balaban J connectivity index is 1.56. The third kappa shape index (κ3) is 4.14. The molecule has 2 aromatic carbocycles. The summed E-state index contributed by atoms with van der Waals surface area (Å²) >= 11 is 0. The number of carbonyl (C=O) groups is 2. The van der Waals surface area contributed by atoms with E-state index >= 15 is 0 Å². The molecule has 3 rings (SSSR count). The topological polar surface area (TPSA) is 67.9 Å².